The summed E-state index contributed by atoms with van der Waals surface area (Å²) in [6.07, 6.45) is -0.544. The van der Waals surface area contributed by atoms with E-state index in [0.29, 0.717) is 10.8 Å². The van der Waals surface area contributed by atoms with Gasteiger partial charge in [0.05, 0.1) is 6.54 Å². The molecular formula is C10H10ClNO2. The predicted octanol–water partition coefficient (Wildman–Crippen LogP) is 2.53. The van der Waals surface area contributed by atoms with E-state index in [-0.39, 0.29) is 6.54 Å². The Kier molecular flexibility index (Phi) is 4.01. The van der Waals surface area contributed by atoms with Crippen molar-refractivity contribution >= 4 is 17.7 Å². The number of carbonyl (C=O) groups excluding carboxylic acids is 1. The lowest BCUT2D eigenvalue weighted by Gasteiger charge is -2.04. The molecule has 0 bridgehead atoms. The number of halogens is 1. The smallest absolute Gasteiger partial charge is 0.410 e. The van der Waals surface area contributed by atoms with Gasteiger partial charge < -0.3 is 10.1 Å². The van der Waals surface area contributed by atoms with Crippen LogP contribution >= 0.6 is 11.6 Å². The number of para-hydroxylation sites is 1. The first-order valence-electron chi connectivity index (χ1n) is 4.02. The maximum atomic E-state index is 11.1. The second-order valence-electron chi connectivity index (χ2n) is 2.57. The first kappa shape index (κ1) is 10.6. The van der Waals surface area contributed by atoms with Gasteiger partial charge in [-0.15, -0.1) is 0 Å². The van der Waals surface area contributed by atoms with Gasteiger partial charge in [-0.25, -0.2) is 4.79 Å². The lowest BCUT2D eigenvalue weighted by Crippen LogP contribution is -2.27. The zero-order valence-electron chi connectivity index (χ0n) is 7.50. The van der Waals surface area contributed by atoms with Crippen LogP contribution in [0.2, 0.25) is 0 Å². The second kappa shape index (κ2) is 5.29. The summed E-state index contributed by atoms with van der Waals surface area (Å²) >= 11 is 5.46. The second-order valence-corrected chi connectivity index (χ2v) is 3.11. The molecule has 1 amide bonds. The molecular weight excluding hydrogens is 202 g/mol. The normalized spacial score (nSPS) is 9.21. The molecule has 0 saturated heterocycles. The van der Waals surface area contributed by atoms with Crippen LogP contribution in [0, 0.1) is 0 Å². The fraction of sp³-hybridized carbons (Fsp3) is 0.100. The third kappa shape index (κ3) is 3.96. The number of hydrogen-bond donors (Lipinski definition) is 1. The minimum absolute atomic E-state index is 0.202. The van der Waals surface area contributed by atoms with Crippen LogP contribution in [0.1, 0.15) is 0 Å². The van der Waals surface area contributed by atoms with E-state index < -0.39 is 6.09 Å². The molecule has 0 saturated carbocycles. The molecule has 4 heteroatoms. The first-order valence-corrected chi connectivity index (χ1v) is 4.40. The Morgan fingerprint density at radius 2 is 2.07 bits per heavy atom. The van der Waals surface area contributed by atoms with Crippen LogP contribution in [0.25, 0.3) is 0 Å². The Morgan fingerprint density at radius 3 is 2.64 bits per heavy atom. The average Bonchev–Trinajstić information content (AvgIpc) is 2.16. The summed E-state index contributed by atoms with van der Waals surface area (Å²) in [6.45, 7) is 3.63. The minimum Gasteiger partial charge on any atom is -0.410 e. The van der Waals surface area contributed by atoms with E-state index >= 15 is 0 Å². The molecule has 0 heterocycles. The SMILES string of the molecule is C=C(Cl)CNC(=O)Oc1ccccc1. The molecule has 74 valence electrons. The molecule has 0 fully saturated rings. The van der Waals surface area contributed by atoms with Crippen molar-refractivity contribution in [2.75, 3.05) is 6.54 Å². The van der Waals surface area contributed by atoms with Crippen molar-refractivity contribution in [3.8, 4) is 5.75 Å². The third-order valence-corrected chi connectivity index (χ3v) is 1.51. The van der Waals surface area contributed by atoms with Gasteiger partial charge in [0.2, 0.25) is 0 Å². The summed E-state index contributed by atoms with van der Waals surface area (Å²) in [5.41, 5.74) is 0. The van der Waals surface area contributed by atoms with Gasteiger partial charge in [0, 0.05) is 5.03 Å². The van der Waals surface area contributed by atoms with Crippen molar-refractivity contribution in [1.82, 2.24) is 5.32 Å². The van der Waals surface area contributed by atoms with E-state index in [9.17, 15) is 4.79 Å². The summed E-state index contributed by atoms with van der Waals surface area (Å²) in [6, 6.07) is 8.78. The maximum Gasteiger partial charge on any atom is 0.412 e. The van der Waals surface area contributed by atoms with E-state index in [0.717, 1.165) is 0 Å². The van der Waals surface area contributed by atoms with Crippen LogP contribution < -0.4 is 10.1 Å². The van der Waals surface area contributed by atoms with E-state index in [1.54, 1.807) is 24.3 Å². The minimum atomic E-state index is -0.544. The molecule has 0 radical (unpaired) electrons. The Labute approximate surface area is 87.3 Å². The average molecular weight is 212 g/mol. The molecule has 1 aromatic carbocycles. The van der Waals surface area contributed by atoms with Crippen LogP contribution in [-0.2, 0) is 0 Å². The van der Waals surface area contributed by atoms with Gasteiger partial charge in [0.15, 0.2) is 0 Å². The van der Waals surface area contributed by atoms with Crippen molar-refractivity contribution in [3.05, 3.63) is 41.9 Å². The van der Waals surface area contributed by atoms with Crippen molar-refractivity contribution < 1.29 is 9.53 Å². The van der Waals surface area contributed by atoms with Gasteiger partial charge in [0.1, 0.15) is 5.75 Å². The third-order valence-electron chi connectivity index (χ3n) is 1.38. The lowest BCUT2D eigenvalue weighted by atomic mass is 10.3. The summed E-state index contributed by atoms with van der Waals surface area (Å²) in [7, 11) is 0. The van der Waals surface area contributed by atoms with Crippen LogP contribution in [0.5, 0.6) is 5.75 Å². The van der Waals surface area contributed by atoms with E-state index in [2.05, 4.69) is 11.9 Å². The summed E-state index contributed by atoms with van der Waals surface area (Å²) < 4.78 is 4.91. The van der Waals surface area contributed by atoms with Crippen LogP contribution in [0.3, 0.4) is 0 Å². The van der Waals surface area contributed by atoms with Crippen molar-refractivity contribution in [2.24, 2.45) is 0 Å². The Balaban J connectivity index is 2.38. The van der Waals surface area contributed by atoms with Gasteiger partial charge >= 0.3 is 6.09 Å². The quantitative estimate of drug-likeness (QED) is 0.835. The Hall–Kier alpha value is -1.48. The van der Waals surface area contributed by atoms with Gasteiger partial charge in [-0.1, -0.05) is 36.4 Å². The van der Waals surface area contributed by atoms with Crippen LogP contribution in [-0.4, -0.2) is 12.6 Å². The summed E-state index contributed by atoms with van der Waals surface area (Å²) in [5.74, 6) is 0.491. The number of carbonyl (C=O) groups is 1. The first-order chi connectivity index (χ1) is 6.68. The molecule has 0 aliphatic carbocycles. The standard InChI is InChI=1S/C10H10ClNO2/c1-8(11)7-12-10(13)14-9-5-3-2-4-6-9/h2-6H,1,7H2,(H,12,13). The highest BCUT2D eigenvalue weighted by Gasteiger charge is 2.02. The highest BCUT2D eigenvalue weighted by atomic mass is 35.5. The number of rotatable bonds is 3. The fourth-order valence-electron chi connectivity index (χ4n) is 0.800. The molecule has 0 spiro atoms. The van der Waals surface area contributed by atoms with Crippen LogP contribution in [0.4, 0.5) is 4.79 Å². The largest absolute Gasteiger partial charge is 0.412 e. The van der Waals surface area contributed by atoms with Crippen molar-refractivity contribution in [3.63, 3.8) is 0 Å². The molecule has 14 heavy (non-hydrogen) atoms. The maximum absolute atomic E-state index is 11.1. The highest BCUT2D eigenvalue weighted by molar-refractivity contribution is 6.29. The lowest BCUT2D eigenvalue weighted by molar-refractivity contribution is 0.201. The molecule has 0 aromatic heterocycles. The number of amides is 1. The molecule has 0 unspecified atom stereocenters. The van der Waals surface area contributed by atoms with Gasteiger partial charge in [0.25, 0.3) is 0 Å². The van der Waals surface area contributed by atoms with Crippen molar-refractivity contribution in [1.29, 1.82) is 0 Å². The van der Waals surface area contributed by atoms with E-state index in [4.69, 9.17) is 16.3 Å². The molecule has 1 rings (SSSR count). The Bertz CT molecular complexity index is 324. The molecule has 0 aliphatic rings. The number of benzene rings is 1. The molecule has 1 aromatic rings. The van der Waals surface area contributed by atoms with Gasteiger partial charge in [-0.2, -0.15) is 0 Å². The van der Waals surface area contributed by atoms with E-state index in [1.807, 2.05) is 6.07 Å². The summed E-state index contributed by atoms with van der Waals surface area (Å²) in [5, 5.41) is 2.79. The van der Waals surface area contributed by atoms with Gasteiger partial charge in [-0.05, 0) is 12.1 Å². The van der Waals surface area contributed by atoms with Crippen LogP contribution in [0.15, 0.2) is 41.9 Å². The molecule has 0 aliphatic heterocycles. The predicted molar refractivity (Wildman–Crippen MR) is 55.5 cm³/mol. The molecule has 0 atom stereocenters. The summed E-state index contributed by atoms with van der Waals surface area (Å²) in [4.78, 5) is 11.1. The Morgan fingerprint density at radius 1 is 1.43 bits per heavy atom. The number of nitrogens with one attached hydrogen (secondary N) is 1. The molecule has 3 nitrogen and oxygen atoms in total. The van der Waals surface area contributed by atoms with E-state index in [1.165, 1.54) is 0 Å². The number of hydrogen-bond acceptors (Lipinski definition) is 2. The monoisotopic (exact) mass is 211 g/mol. The molecule has 1 N–H and O–H groups in total. The fourth-order valence-corrected chi connectivity index (χ4v) is 0.867. The zero-order valence-corrected chi connectivity index (χ0v) is 8.25. The zero-order chi connectivity index (χ0) is 10.4. The highest BCUT2D eigenvalue weighted by Crippen LogP contribution is 2.08. The van der Waals surface area contributed by atoms with Crippen molar-refractivity contribution in [2.45, 2.75) is 0 Å². The van der Waals surface area contributed by atoms with Gasteiger partial charge in [-0.3, -0.25) is 0 Å². The number of ether oxygens (including phenoxy) is 1. The topological polar surface area (TPSA) is 38.3 Å².